The van der Waals surface area contributed by atoms with Crippen molar-refractivity contribution in [3.8, 4) is 0 Å². The molecule has 3 heterocycles. The molecule has 0 aromatic heterocycles. The van der Waals surface area contributed by atoms with Crippen LogP contribution < -0.4 is 0 Å². The van der Waals surface area contributed by atoms with Gasteiger partial charge >= 0.3 is 29.8 Å². The van der Waals surface area contributed by atoms with Gasteiger partial charge in [0, 0.05) is 63.4 Å². The largest absolute Gasteiger partial charge is 0.462 e. The van der Waals surface area contributed by atoms with Crippen molar-refractivity contribution in [1.82, 2.24) is 0 Å². The van der Waals surface area contributed by atoms with E-state index in [0.717, 1.165) is 0 Å². The summed E-state index contributed by atoms with van der Waals surface area (Å²) in [6.45, 7) is 13.7. The third kappa shape index (κ3) is 4.81. The van der Waals surface area contributed by atoms with Crippen molar-refractivity contribution in [2.45, 2.75) is 109 Å². The summed E-state index contributed by atoms with van der Waals surface area (Å²) in [6, 6.07) is 0. The van der Waals surface area contributed by atoms with E-state index >= 15 is 0 Å². The van der Waals surface area contributed by atoms with E-state index in [1.165, 1.54) is 34.6 Å². The van der Waals surface area contributed by atoms with Gasteiger partial charge in [-0.1, -0.05) is 20.4 Å². The molecular formula is C28H37ClO12. The molecule has 4 fully saturated rings. The molecule has 0 aromatic carbocycles. The van der Waals surface area contributed by atoms with Crippen molar-refractivity contribution >= 4 is 41.4 Å². The van der Waals surface area contributed by atoms with E-state index in [9.17, 15) is 29.1 Å². The minimum absolute atomic E-state index is 0.0116. The Kier molecular flexibility index (Phi) is 8.03. The van der Waals surface area contributed by atoms with Crippen LogP contribution in [0, 0.1) is 23.2 Å². The monoisotopic (exact) mass is 600 g/mol. The van der Waals surface area contributed by atoms with Crippen molar-refractivity contribution in [3.63, 3.8) is 0 Å². The maximum Gasteiger partial charge on any atom is 0.312 e. The van der Waals surface area contributed by atoms with Crippen LogP contribution in [0.4, 0.5) is 0 Å². The van der Waals surface area contributed by atoms with E-state index in [-0.39, 0.29) is 12.0 Å². The van der Waals surface area contributed by atoms with Crippen LogP contribution in [0.5, 0.6) is 0 Å². The van der Waals surface area contributed by atoms with Gasteiger partial charge in [-0.15, -0.1) is 11.6 Å². The molecule has 1 saturated carbocycles. The molecule has 12 nitrogen and oxygen atoms in total. The number of rotatable bonds is 4. The first-order chi connectivity index (χ1) is 18.9. The zero-order valence-electron chi connectivity index (χ0n) is 24.1. The summed E-state index contributed by atoms with van der Waals surface area (Å²) in [7, 11) is 0. The van der Waals surface area contributed by atoms with Gasteiger partial charge in [0.25, 0.3) is 0 Å². The number of carbonyl (C=O) groups is 5. The topological polar surface area (TPSA) is 161 Å². The van der Waals surface area contributed by atoms with Crippen molar-refractivity contribution in [2.24, 2.45) is 23.2 Å². The van der Waals surface area contributed by atoms with Gasteiger partial charge in [0.05, 0.1) is 11.3 Å². The summed E-state index contributed by atoms with van der Waals surface area (Å²) in [6.07, 6.45) is -6.18. The highest BCUT2D eigenvalue weighted by atomic mass is 35.5. The van der Waals surface area contributed by atoms with Gasteiger partial charge in [0.2, 0.25) is 0 Å². The lowest BCUT2D eigenvalue weighted by Gasteiger charge is -2.63. The van der Waals surface area contributed by atoms with Gasteiger partial charge in [0.1, 0.15) is 24.4 Å². The molecule has 0 amide bonds. The molecule has 0 radical (unpaired) electrons. The molecule has 1 N–H and O–H groups in total. The zero-order chi connectivity index (χ0) is 30.8. The van der Waals surface area contributed by atoms with E-state index in [1.54, 1.807) is 13.8 Å². The smallest absolute Gasteiger partial charge is 0.312 e. The fraction of sp³-hybridized carbons (Fsp3) is 0.750. The van der Waals surface area contributed by atoms with Gasteiger partial charge < -0.3 is 33.5 Å². The predicted molar refractivity (Wildman–Crippen MR) is 139 cm³/mol. The van der Waals surface area contributed by atoms with E-state index in [2.05, 4.69) is 6.58 Å². The highest BCUT2D eigenvalue weighted by Crippen LogP contribution is 2.63. The summed E-state index contributed by atoms with van der Waals surface area (Å²) >= 11 is 6.80. The summed E-state index contributed by atoms with van der Waals surface area (Å²) in [5, 5.41) is 10.9. The van der Waals surface area contributed by atoms with Crippen LogP contribution in [0.25, 0.3) is 0 Å². The number of aliphatic hydroxyl groups is 1. The van der Waals surface area contributed by atoms with Crippen molar-refractivity contribution in [1.29, 1.82) is 0 Å². The normalized spacial score (nSPS) is 45.1. The molecule has 3 saturated heterocycles. The Balaban J connectivity index is 2.08. The van der Waals surface area contributed by atoms with Crippen LogP contribution in [-0.2, 0) is 52.4 Å². The number of hydrogen-bond acceptors (Lipinski definition) is 12. The van der Waals surface area contributed by atoms with Crippen LogP contribution in [-0.4, -0.2) is 82.2 Å². The van der Waals surface area contributed by atoms with Crippen LogP contribution in [0.2, 0.25) is 0 Å². The molecule has 228 valence electrons. The first-order valence-corrected chi connectivity index (χ1v) is 14.0. The van der Waals surface area contributed by atoms with Crippen molar-refractivity contribution in [3.05, 3.63) is 12.2 Å². The fourth-order valence-electron chi connectivity index (χ4n) is 7.50. The minimum atomic E-state index is -2.28. The Morgan fingerprint density at radius 2 is 1.49 bits per heavy atom. The van der Waals surface area contributed by atoms with Gasteiger partial charge in [-0.05, 0) is 6.92 Å². The molecule has 4 aliphatic rings. The Labute approximate surface area is 242 Å². The van der Waals surface area contributed by atoms with E-state index in [1.807, 2.05) is 0 Å². The first-order valence-electron chi connectivity index (χ1n) is 13.5. The average Bonchev–Trinajstić information content (AvgIpc) is 3.09. The zero-order valence-corrected chi connectivity index (χ0v) is 24.9. The molecule has 12 atom stereocenters. The van der Waals surface area contributed by atoms with Crippen molar-refractivity contribution in [2.75, 3.05) is 0 Å². The number of ether oxygens (including phenoxy) is 6. The molecule has 13 heteroatoms. The quantitative estimate of drug-likeness (QED) is 0.216. The van der Waals surface area contributed by atoms with Gasteiger partial charge in [-0.25, -0.2) is 0 Å². The second kappa shape index (κ2) is 10.5. The molecule has 0 aromatic rings. The Hall–Kier alpha value is -2.70. The maximum atomic E-state index is 13.2. The SMILES string of the molecule is C=C1[C@H](Cl)[C@@H]2OC(=O)[C@H](C)[C@]23O[C@@]1(O)C[C@H](OC(C)=O)[C@]1(C)[C@H]([C@@H](C)[C@H](OC(C)=O)C[C@@H]1OC(C)=O)[C@@H]3OC(C)=O. The van der Waals surface area contributed by atoms with Gasteiger partial charge in [0.15, 0.2) is 17.5 Å². The summed E-state index contributed by atoms with van der Waals surface area (Å²) < 4.78 is 35.4. The molecule has 1 spiro atoms. The summed E-state index contributed by atoms with van der Waals surface area (Å²) in [5.41, 5.74) is -3.30. The fourth-order valence-corrected chi connectivity index (χ4v) is 7.92. The number of alkyl halides is 1. The standard InChI is InChI=1S/C28H37ClO12/c1-11-18(36-14(4)30)9-19(37-15(5)31)26(8)20(38-16(6)32)10-27(35)12(2)22(29)24-28(41-27,13(3)25(34)40-24)23(21(11)26)39-17(7)33/h11,13,18-24,35H,2,9-10H2,1,3-8H3/t11-,13-,18+,19-,20-,21+,22-,23-,24-,26+,27-,28+/m0/s1. The van der Waals surface area contributed by atoms with Crippen LogP contribution in [0.15, 0.2) is 12.2 Å². The Morgan fingerprint density at radius 3 is 2.02 bits per heavy atom. The molecule has 1 aliphatic carbocycles. The highest BCUT2D eigenvalue weighted by Gasteiger charge is 2.77. The Bertz CT molecular complexity index is 1170. The van der Waals surface area contributed by atoms with Gasteiger partial charge in [-0.2, -0.15) is 0 Å². The number of fused-ring (bicyclic) bond motifs is 2. The molecular weight excluding hydrogens is 564 g/mol. The van der Waals surface area contributed by atoms with E-state index < -0.39 is 107 Å². The Morgan fingerprint density at radius 1 is 0.951 bits per heavy atom. The molecule has 4 rings (SSSR count). The van der Waals surface area contributed by atoms with Crippen LogP contribution >= 0.6 is 11.6 Å². The number of carbonyl (C=O) groups excluding carboxylic acids is 5. The van der Waals surface area contributed by atoms with Crippen LogP contribution in [0.3, 0.4) is 0 Å². The lowest BCUT2D eigenvalue weighted by Crippen LogP contribution is -2.76. The molecule has 0 unspecified atom stereocenters. The molecule has 3 aliphatic heterocycles. The second-order valence-electron chi connectivity index (χ2n) is 11.8. The first kappa shape index (κ1) is 31.2. The van der Waals surface area contributed by atoms with Gasteiger partial charge in [-0.3, -0.25) is 24.0 Å². The second-order valence-corrected chi connectivity index (χ2v) is 12.3. The predicted octanol–water partition coefficient (Wildman–Crippen LogP) is 1.96. The minimum Gasteiger partial charge on any atom is -0.462 e. The summed E-state index contributed by atoms with van der Waals surface area (Å²) in [4.78, 5) is 63.0. The highest BCUT2D eigenvalue weighted by molar-refractivity contribution is 6.23. The average molecular weight is 601 g/mol. The number of halogens is 1. The lowest BCUT2D eigenvalue weighted by molar-refractivity contribution is -0.355. The summed E-state index contributed by atoms with van der Waals surface area (Å²) in [5.74, 6) is -8.42. The van der Waals surface area contributed by atoms with E-state index in [4.69, 9.17) is 40.0 Å². The maximum absolute atomic E-state index is 13.2. The number of esters is 5. The third-order valence-electron chi connectivity index (χ3n) is 9.33. The van der Waals surface area contributed by atoms with Crippen LogP contribution in [0.1, 0.15) is 61.3 Å². The van der Waals surface area contributed by atoms with Crippen molar-refractivity contribution < 1.29 is 57.5 Å². The molecule has 41 heavy (non-hydrogen) atoms. The molecule has 2 bridgehead atoms. The number of hydrogen-bond donors (Lipinski definition) is 1. The van der Waals surface area contributed by atoms with E-state index in [0.29, 0.717) is 0 Å². The lowest BCUT2D eigenvalue weighted by atomic mass is 9.51. The third-order valence-corrected chi connectivity index (χ3v) is 9.82.